The Kier molecular flexibility index (Phi) is 9.79. The van der Waals surface area contributed by atoms with Crippen molar-refractivity contribution in [3.8, 4) is 0 Å². The summed E-state index contributed by atoms with van der Waals surface area (Å²) in [6.07, 6.45) is 0.292. The summed E-state index contributed by atoms with van der Waals surface area (Å²) in [5.41, 5.74) is 5.37. The fraction of sp³-hybridized carbons (Fsp3) is 0.432. The second-order valence-corrected chi connectivity index (χ2v) is 12.6. The first-order valence-corrected chi connectivity index (χ1v) is 15.3. The van der Waals surface area contributed by atoms with Gasteiger partial charge in [-0.3, -0.25) is 14.4 Å². The van der Waals surface area contributed by atoms with Gasteiger partial charge in [-0.05, 0) is 86.4 Å². The molecule has 0 saturated heterocycles. The molecule has 0 aromatic heterocycles. The van der Waals surface area contributed by atoms with Crippen molar-refractivity contribution in [2.45, 2.75) is 99.4 Å². The number of hydrogen-bond acceptors (Lipinski definition) is 5. The van der Waals surface area contributed by atoms with Crippen LogP contribution in [0.15, 0.2) is 60.7 Å². The SMILES string of the molecule is Cc1c2c(c(C)c(C(C)C)c1C(=O)N(C(C)C)C(C)C)CC(C(=O)OCc1ccccc1)(C(=O)OCc1ccccc1)C2. The Hall–Kier alpha value is -3.93. The van der Waals surface area contributed by atoms with Crippen molar-refractivity contribution in [2.75, 3.05) is 0 Å². The molecule has 0 radical (unpaired) electrons. The van der Waals surface area contributed by atoms with E-state index < -0.39 is 17.4 Å². The second-order valence-electron chi connectivity index (χ2n) is 12.6. The maximum atomic E-state index is 14.2. The molecule has 0 spiro atoms. The molecule has 0 saturated carbocycles. The van der Waals surface area contributed by atoms with Gasteiger partial charge in [0.2, 0.25) is 0 Å². The van der Waals surface area contributed by atoms with Crippen molar-refractivity contribution in [3.05, 3.63) is 105 Å². The maximum absolute atomic E-state index is 14.2. The van der Waals surface area contributed by atoms with Gasteiger partial charge in [0.25, 0.3) is 5.91 Å². The Morgan fingerprint density at radius 3 is 1.51 bits per heavy atom. The van der Waals surface area contributed by atoms with Crippen molar-refractivity contribution >= 4 is 17.8 Å². The number of hydrogen-bond donors (Lipinski definition) is 0. The smallest absolute Gasteiger partial charge is 0.324 e. The molecule has 228 valence electrons. The highest BCUT2D eigenvalue weighted by Crippen LogP contribution is 2.46. The normalized spacial score (nSPS) is 13.7. The molecule has 0 heterocycles. The number of fused-ring (bicyclic) bond motifs is 1. The highest BCUT2D eigenvalue weighted by Gasteiger charge is 2.54. The molecule has 6 nitrogen and oxygen atoms in total. The Bertz CT molecular complexity index is 1410. The number of amides is 1. The third-order valence-electron chi connectivity index (χ3n) is 8.62. The zero-order valence-electron chi connectivity index (χ0n) is 26.8. The van der Waals surface area contributed by atoms with Crippen LogP contribution in [-0.2, 0) is 45.1 Å². The molecule has 6 heteroatoms. The molecule has 0 N–H and O–H groups in total. The fourth-order valence-corrected chi connectivity index (χ4v) is 6.59. The van der Waals surface area contributed by atoms with Crippen LogP contribution in [0, 0.1) is 19.3 Å². The van der Waals surface area contributed by atoms with Gasteiger partial charge < -0.3 is 14.4 Å². The van der Waals surface area contributed by atoms with E-state index in [1.54, 1.807) is 0 Å². The molecule has 4 rings (SSSR count). The summed E-state index contributed by atoms with van der Waals surface area (Å²) in [4.78, 5) is 44.1. The van der Waals surface area contributed by atoms with Gasteiger partial charge in [0.05, 0.1) is 0 Å². The number of ether oxygens (including phenoxy) is 2. The molecule has 3 aromatic carbocycles. The predicted octanol–water partition coefficient (Wildman–Crippen LogP) is 7.26. The van der Waals surface area contributed by atoms with E-state index in [1.807, 2.05) is 107 Å². The van der Waals surface area contributed by atoms with Gasteiger partial charge in [-0.15, -0.1) is 0 Å². The molecule has 1 aliphatic carbocycles. The first kappa shape index (κ1) is 32.0. The maximum Gasteiger partial charge on any atom is 0.324 e. The van der Waals surface area contributed by atoms with Crippen LogP contribution in [0.4, 0.5) is 0 Å². The Morgan fingerprint density at radius 1 is 0.698 bits per heavy atom. The van der Waals surface area contributed by atoms with Crippen molar-refractivity contribution in [3.63, 3.8) is 0 Å². The second kappa shape index (κ2) is 13.2. The minimum absolute atomic E-state index is 0.0143. The summed E-state index contributed by atoms with van der Waals surface area (Å²) in [6.45, 7) is 16.4. The number of nitrogens with zero attached hydrogens (tertiary/aromatic N) is 1. The van der Waals surface area contributed by atoms with Gasteiger partial charge in [-0.2, -0.15) is 0 Å². The number of carbonyl (C=O) groups excluding carboxylic acids is 3. The Balaban J connectivity index is 1.79. The van der Waals surface area contributed by atoms with E-state index in [1.165, 1.54) is 0 Å². The molecular formula is C37H45NO5. The van der Waals surface area contributed by atoms with E-state index in [0.29, 0.717) is 5.56 Å². The van der Waals surface area contributed by atoms with Gasteiger partial charge in [0.15, 0.2) is 5.41 Å². The summed E-state index contributed by atoms with van der Waals surface area (Å²) in [6, 6.07) is 18.9. The van der Waals surface area contributed by atoms with Crippen LogP contribution in [0.2, 0.25) is 0 Å². The lowest BCUT2D eigenvalue weighted by atomic mass is 9.83. The summed E-state index contributed by atoms with van der Waals surface area (Å²) >= 11 is 0. The number of esters is 2. The fourth-order valence-electron chi connectivity index (χ4n) is 6.59. The quantitative estimate of drug-likeness (QED) is 0.186. The zero-order valence-corrected chi connectivity index (χ0v) is 26.8. The lowest BCUT2D eigenvalue weighted by Gasteiger charge is -2.33. The van der Waals surface area contributed by atoms with Gasteiger partial charge in [-0.25, -0.2) is 0 Å². The molecule has 0 unspecified atom stereocenters. The molecular weight excluding hydrogens is 538 g/mol. The van der Waals surface area contributed by atoms with E-state index in [9.17, 15) is 14.4 Å². The summed E-state index contributed by atoms with van der Waals surface area (Å²) in [5, 5.41) is 0. The number of rotatable bonds is 10. The summed E-state index contributed by atoms with van der Waals surface area (Å²) < 4.78 is 11.7. The number of benzene rings is 3. The highest BCUT2D eigenvalue weighted by atomic mass is 16.6. The lowest BCUT2D eigenvalue weighted by Crippen LogP contribution is -2.43. The molecule has 0 atom stereocenters. The van der Waals surface area contributed by atoms with Crippen molar-refractivity contribution in [1.82, 2.24) is 4.90 Å². The highest BCUT2D eigenvalue weighted by molar-refractivity contribution is 6.03. The Morgan fingerprint density at radius 2 is 1.12 bits per heavy atom. The first-order chi connectivity index (χ1) is 20.4. The van der Waals surface area contributed by atoms with Crippen molar-refractivity contribution in [1.29, 1.82) is 0 Å². The molecule has 1 aliphatic rings. The monoisotopic (exact) mass is 583 g/mol. The van der Waals surface area contributed by atoms with E-state index in [2.05, 4.69) is 13.8 Å². The third-order valence-corrected chi connectivity index (χ3v) is 8.62. The molecule has 1 amide bonds. The van der Waals surface area contributed by atoms with Crippen LogP contribution in [0.3, 0.4) is 0 Å². The predicted molar refractivity (Wildman–Crippen MR) is 169 cm³/mol. The van der Waals surface area contributed by atoms with Crippen LogP contribution >= 0.6 is 0 Å². The zero-order chi connectivity index (χ0) is 31.5. The summed E-state index contributed by atoms with van der Waals surface area (Å²) in [7, 11) is 0. The average Bonchev–Trinajstić information content (AvgIpc) is 3.40. The summed E-state index contributed by atoms with van der Waals surface area (Å²) in [5.74, 6) is -1.16. The van der Waals surface area contributed by atoms with E-state index in [-0.39, 0.29) is 50.0 Å². The lowest BCUT2D eigenvalue weighted by molar-refractivity contribution is -0.173. The van der Waals surface area contributed by atoms with E-state index in [4.69, 9.17) is 9.47 Å². The van der Waals surface area contributed by atoms with E-state index >= 15 is 0 Å². The van der Waals surface area contributed by atoms with Gasteiger partial charge >= 0.3 is 11.9 Å². The standard InChI is InChI=1S/C37H45NO5/c1-23(2)32-26(7)30-19-37(35(40)42-21-28-15-11-9-12-16-28,36(41)43-22-29-17-13-10-14-18-29)20-31(30)27(8)33(32)34(39)38(24(3)4)25(5)6/h9-18,23-25H,19-22H2,1-8H3. The molecule has 3 aromatic rings. The van der Waals surface area contributed by atoms with Crippen LogP contribution in [0.25, 0.3) is 0 Å². The van der Waals surface area contributed by atoms with Crippen LogP contribution < -0.4 is 0 Å². The van der Waals surface area contributed by atoms with Crippen molar-refractivity contribution < 1.29 is 23.9 Å². The average molecular weight is 584 g/mol. The van der Waals surface area contributed by atoms with Gasteiger partial charge in [0, 0.05) is 30.5 Å². The Labute approximate surface area is 256 Å². The van der Waals surface area contributed by atoms with Crippen LogP contribution in [0.1, 0.15) is 96.8 Å². The van der Waals surface area contributed by atoms with Crippen LogP contribution in [0.5, 0.6) is 0 Å². The van der Waals surface area contributed by atoms with E-state index in [0.717, 1.165) is 38.9 Å². The minimum atomic E-state index is -1.55. The topological polar surface area (TPSA) is 72.9 Å². The van der Waals surface area contributed by atoms with Gasteiger partial charge in [-0.1, -0.05) is 74.5 Å². The largest absolute Gasteiger partial charge is 0.460 e. The molecule has 0 fully saturated rings. The third kappa shape index (κ3) is 6.39. The minimum Gasteiger partial charge on any atom is -0.460 e. The first-order valence-electron chi connectivity index (χ1n) is 15.3. The van der Waals surface area contributed by atoms with Crippen LogP contribution in [-0.4, -0.2) is 34.8 Å². The van der Waals surface area contributed by atoms with Crippen molar-refractivity contribution in [2.24, 2.45) is 5.41 Å². The molecule has 0 bridgehead atoms. The number of carbonyl (C=O) groups is 3. The molecule has 0 aliphatic heterocycles. The van der Waals surface area contributed by atoms with Gasteiger partial charge in [0.1, 0.15) is 13.2 Å². The molecule has 43 heavy (non-hydrogen) atoms.